The van der Waals surface area contributed by atoms with Crippen LogP contribution in [0.3, 0.4) is 0 Å². The molecule has 1 aromatic rings. The van der Waals surface area contributed by atoms with Crippen LogP contribution >= 0.6 is 11.3 Å². The maximum absolute atomic E-state index is 6.44. The Kier molecular flexibility index (Phi) is 4.82. The first-order valence-corrected chi connectivity index (χ1v) is 8.12. The highest BCUT2D eigenvalue weighted by Crippen LogP contribution is 2.37. The van der Waals surface area contributed by atoms with Gasteiger partial charge in [-0.15, -0.1) is 11.3 Å². The van der Waals surface area contributed by atoms with Crippen molar-refractivity contribution < 1.29 is 0 Å². The molecule has 1 saturated heterocycles. The van der Waals surface area contributed by atoms with Crippen LogP contribution in [-0.2, 0) is 0 Å². The summed E-state index contributed by atoms with van der Waals surface area (Å²) in [6.07, 6.45) is 4.97. The van der Waals surface area contributed by atoms with E-state index in [2.05, 4.69) is 37.1 Å². The topological polar surface area (TPSA) is 29.3 Å². The molecule has 1 aliphatic rings. The van der Waals surface area contributed by atoms with Crippen LogP contribution in [0, 0.1) is 6.92 Å². The van der Waals surface area contributed by atoms with Crippen LogP contribution < -0.4 is 5.73 Å². The summed E-state index contributed by atoms with van der Waals surface area (Å²) in [5, 5.41) is 2.21. The van der Waals surface area contributed by atoms with Crippen LogP contribution in [0.1, 0.15) is 56.0 Å². The van der Waals surface area contributed by atoms with Crippen molar-refractivity contribution in [2.24, 2.45) is 5.73 Å². The fourth-order valence-corrected chi connectivity index (χ4v) is 4.29. The lowest BCUT2D eigenvalue weighted by Gasteiger charge is -2.36. The monoisotopic (exact) mass is 266 g/mol. The minimum atomic E-state index is 0.259. The molecule has 2 heterocycles. The van der Waals surface area contributed by atoms with Crippen LogP contribution in [-0.4, -0.2) is 23.5 Å². The van der Waals surface area contributed by atoms with Gasteiger partial charge in [-0.2, -0.15) is 0 Å². The molecule has 0 saturated carbocycles. The van der Waals surface area contributed by atoms with Crippen molar-refractivity contribution in [3.63, 3.8) is 0 Å². The number of aryl methyl sites for hydroxylation is 1. The predicted octanol–water partition coefficient (Wildman–Crippen LogP) is 3.71. The number of nitrogens with two attached hydrogens (primary N) is 1. The van der Waals surface area contributed by atoms with Gasteiger partial charge in [-0.25, -0.2) is 0 Å². The third kappa shape index (κ3) is 2.63. The van der Waals surface area contributed by atoms with E-state index in [-0.39, 0.29) is 6.04 Å². The van der Waals surface area contributed by atoms with Crippen molar-refractivity contribution in [1.29, 1.82) is 0 Å². The van der Waals surface area contributed by atoms with Gasteiger partial charge in [-0.05, 0) is 56.2 Å². The zero-order chi connectivity index (χ0) is 13.1. The average Bonchev–Trinajstić information content (AvgIpc) is 2.99. The molecule has 0 radical (unpaired) electrons. The van der Waals surface area contributed by atoms with Crippen molar-refractivity contribution in [1.82, 2.24) is 4.90 Å². The molecule has 2 nitrogen and oxygen atoms in total. The molecule has 1 aromatic heterocycles. The van der Waals surface area contributed by atoms with Gasteiger partial charge in [0.15, 0.2) is 0 Å². The zero-order valence-corrected chi connectivity index (χ0v) is 12.7. The zero-order valence-electron chi connectivity index (χ0n) is 11.9. The SMILES string of the molecule is CCC(N)C(c1sccc1C)N1CCCC1CC. The van der Waals surface area contributed by atoms with E-state index in [4.69, 9.17) is 5.73 Å². The minimum Gasteiger partial charge on any atom is -0.326 e. The first-order chi connectivity index (χ1) is 8.69. The molecule has 0 aliphatic carbocycles. The molecule has 0 amide bonds. The van der Waals surface area contributed by atoms with Crippen molar-refractivity contribution in [3.05, 3.63) is 21.9 Å². The largest absolute Gasteiger partial charge is 0.326 e. The van der Waals surface area contributed by atoms with Crippen molar-refractivity contribution >= 4 is 11.3 Å². The van der Waals surface area contributed by atoms with Gasteiger partial charge in [-0.1, -0.05) is 13.8 Å². The van der Waals surface area contributed by atoms with E-state index < -0.39 is 0 Å². The Hall–Kier alpha value is -0.380. The Bertz CT molecular complexity index is 374. The maximum Gasteiger partial charge on any atom is 0.0598 e. The lowest BCUT2D eigenvalue weighted by atomic mass is 9.99. The van der Waals surface area contributed by atoms with E-state index in [1.807, 2.05) is 11.3 Å². The van der Waals surface area contributed by atoms with Gasteiger partial charge in [0.05, 0.1) is 6.04 Å². The van der Waals surface area contributed by atoms with Gasteiger partial charge in [0, 0.05) is 17.0 Å². The number of likely N-dealkylation sites (tertiary alicyclic amines) is 1. The highest BCUT2D eigenvalue weighted by Gasteiger charge is 2.34. The Labute approximate surface area is 115 Å². The Balaban J connectivity index is 2.28. The van der Waals surface area contributed by atoms with Gasteiger partial charge in [0.2, 0.25) is 0 Å². The summed E-state index contributed by atoms with van der Waals surface area (Å²) in [6, 6.07) is 3.65. The molecule has 102 valence electrons. The van der Waals surface area contributed by atoms with Crippen LogP contribution in [0.25, 0.3) is 0 Å². The normalized spacial score (nSPS) is 24.3. The Morgan fingerprint density at radius 3 is 2.83 bits per heavy atom. The molecule has 3 heteroatoms. The summed E-state index contributed by atoms with van der Waals surface area (Å²) < 4.78 is 0. The summed E-state index contributed by atoms with van der Waals surface area (Å²) in [4.78, 5) is 4.16. The molecular formula is C15H26N2S. The van der Waals surface area contributed by atoms with Gasteiger partial charge in [0.1, 0.15) is 0 Å². The highest BCUT2D eigenvalue weighted by molar-refractivity contribution is 7.10. The lowest BCUT2D eigenvalue weighted by Crippen LogP contribution is -2.43. The van der Waals surface area contributed by atoms with Crippen LogP contribution in [0.2, 0.25) is 0 Å². The lowest BCUT2D eigenvalue weighted by molar-refractivity contribution is 0.152. The quantitative estimate of drug-likeness (QED) is 0.880. The first kappa shape index (κ1) is 14.0. The number of thiophene rings is 1. The molecule has 1 fully saturated rings. The smallest absolute Gasteiger partial charge is 0.0598 e. The van der Waals surface area contributed by atoms with Crippen molar-refractivity contribution in [3.8, 4) is 0 Å². The van der Waals surface area contributed by atoms with Crippen LogP contribution in [0.5, 0.6) is 0 Å². The van der Waals surface area contributed by atoms with Gasteiger partial charge >= 0.3 is 0 Å². The third-order valence-electron chi connectivity index (χ3n) is 4.30. The molecule has 0 bridgehead atoms. The number of nitrogens with zero attached hydrogens (tertiary/aromatic N) is 1. The van der Waals surface area contributed by atoms with E-state index >= 15 is 0 Å². The molecule has 0 aromatic carbocycles. The molecule has 3 atom stereocenters. The molecule has 1 aliphatic heterocycles. The molecule has 2 N–H and O–H groups in total. The fourth-order valence-electron chi connectivity index (χ4n) is 3.16. The van der Waals surface area contributed by atoms with E-state index in [9.17, 15) is 0 Å². The molecular weight excluding hydrogens is 240 g/mol. The summed E-state index contributed by atoms with van der Waals surface area (Å²) in [5.41, 5.74) is 7.85. The summed E-state index contributed by atoms with van der Waals surface area (Å²) in [6.45, 7) is 7.95. The Morgan fingerprint density at radius 2 is 2.28 bits per heavy atom. The van der Waals surface area contributed by atoms with E-state index in [1.54, 1.807) is 0 Å². The van der Waals surface area contributed by atoms with E-state index in [0.717, 1.165) is 12.5 Å². The number of hydrogen-bond donors (Lipinski definition) is 1. The molecule has 0 spiro atoms. The standard InChI is InChI=1S/C15H26N2S/c1-4-12-7-6-9-17(12)14(13(16)5-2)15-11(3)8-10-18-15/h8,10,12-14H,4-7,9,16H2,1-3H3. The highest BCUT2D eigenvalue weighted by atomic mass is 32.1. The minimum absolute atomic E-state index is 0.259. The summed E-state index contributed by atoms with van der Waals surface area (Å²) in [5.74, 6) is 0. The maximum atomic E-state index is 6.44. The third-order valence-corrected chi connectivity index (χ3v) is 5.39. The van der Waals surface area contributed by atoms with Crippen molar-refractivity contribution in [2.45, 2.75) is 64.6 Å². The van der Waals surface area contributed by atoms with Crippen LogP contribution in [0.4, 0.5) is 0 Å². The predicted molar refractivity (Wildman–Crippen MR) is 80.1 cm³/mol. The number of rotatable bonds is 5. The first-order valence-electron chi connectivity index (χ1n) is 7.24. The number of hydrogen-bond acceptors (Lipinski definition) is 3. The van der Waals surface area contributed by atoms with E-state index in [1.165, 1.54) is 36.2 Å². The fraction of sp³-hybridized carbons (Fsp3) is 0.733. The van der Waals surface area contributed by atoms with Gasteiger partial charge < -0.3 is 5.73 Å². The molecule has 3 unspecified atom stereocenters. The second-order valence-electron chi connectivity index (χ2n) is 5.43. The van der Waals surface area contributed by atoms with Crippen molar-refractivity contribution in [2.75, 3.05) is 6.54 Å². The Morgan fingerprint density at radius 1 is 1.50 bits per heavy atom. The average molecular weight is 266 g/mol. The van der Waals surface area contributed by atoms with E-state index in [0.29, 0.717) is 6.04 Å². The second-order valence-corrected chi connectivity index (χ2v) is 6.37. The summed E-state index contributed by atoms with van der Waals surface area (Å²) >= 11 is 1.88. The molecule has 2 rings (SSSR count). The van der Waals surface area contributed by atoms with Gasteiger partial charge in [0.25, 0.3) is 0 Å². The second kappa shape index (κ2) is 6.18. The van der Waals surface area contributed by atoms with Gasteiger partial charge in [-0.3, -0.25) is 4.90 Å². The summed E-state index contributed by atoms with van der Waals surface area (Å²) in [7, 11) is 0. The molecule has 18 heavy (non-hydrogen) atoms. The van der Waals surface area contributed by atoms with Crippen LogP contribution in [0.15, 0.2) is 11.4 Å².